The summed E-state index contributed by atoms with van der Waals surface area (Å²) in [5.74, 6) is 0.988. The first kappa shape index (κ1) is 18.9. The van der Waals surface area contributed by atoms with Crippen molar-refractivity contribution in [2.75, 3.05) is 20.8 Å². The second-order valence-electron chi connectivity index (χ2n) is 4.74. The maximum atomic E-state index is 11.8. The average molecular weight is 383 g/mol. The van der Waals surface area contributed by atoms with Crippen molar-refractivity contribution in [2.45, 2.75) is 0 Å². The molecule has 2 rings (SSSR count). The van der Waals surface area contributed by atoms with Gasteiger partial charge in [-0.3, -0.25) is 4.79 Å². The van der Waals surface area contributed by atoms with Crippen LogP contribution < -0.4 is 19.6 Å². The molecule has 0 spiro atoms. The Kier molecular flexibility index (Phi) is 6.91. The number of carbonyl (C=O) groups is 1. The van der Waals surface area contributed by atoms with Gasteiger partial charge < -0.3 is 14.2 Å². The molecule has 25 heavy (non-hydrogen) atoms. The van der Waals surface area contributed by atoms with Gasteiger partial charge in [0.1, 0.15) is 5.75 Å². The van der Waals surface area contributed by atoms with Gasteiger partial charge in [0.25, 0.3) is 5.91 Å². The van der Waals surface area contributed by atoms with Gasteiger partial charge in [0, 0.05) is 11.6 Å². The Hall–Kier alpha value is -2.44. The van der Waals surface area contributed by atoms with E-state index in [1.165, 1.54) is 20.4 Å². The van der Waals surface area contributed by atoms with E-state index in [4.69, 9.17) is 37.4 Å². The number of amides is 1. The van der Waals surface area contributed by atoms with Gasteiger partial charge in [0.05, 0.1) is 30.5 Å². The van der Waals surface area contributed by atoms with Gasteiger partial charge in [-0.05, 0) is 18.2 Å². The van der Waals surface area contributed by atoms with Gasteiger partial charge >= 0.3 is 0 Å². The summed E-state index contributed by atoms with van der Waals surface area (Å²) in [5.41, 5.74) is 2.91. The molecule has 8 heteroatoms. The number of nitrogens with one attached hydrogen (secondary N) is 1. The number of halogens is 2. The third kappa shape index (κ3) is 5.27. The van der Waals surface area contributed by atoms with Crippen molar-refractivity contribution >= 4 is 35.3 Å². The van der Waals surface area contributed by atoms with E-state index < -0.39 is 5.91 Å². The minimum Gasteiger partial charge on any atom is -0.493 e. The lowest BCUT2D eigenvalue weighted by Crippen LogP contribution is -2.24. The third-order valence-corrected chi connectivity index (χ3v) is 3.73. The topological polar surface area (TPSA) is 69.2 Å². The number of para-hydroxylation sites is 1. The molecule has 6 nitrogen and oxygen atoms in total. The first-order chi connectivity index (χ1) is 12.0. The summed E-state index contributed by atoms with van der Waals surface area (Å²) in [6.45, 7) is -0.221. The molecule has 0 aliphatic carbocycles. The van der Waals surface area contributed by atoms with E-state index in [1.54, 1.807) is 36.4 Å². The van der Waals surface area contributed by atoms with E-state index in [0.717, 1.165) is 0 Å². The molecule has 0 aliphatic rings. The predicted molar refractivity (Wildman–Crippen MR) is 97.2 cm³/mol. The van der Waals surface area contributed by atoms with Crippen LogP contribution in [-0.2, 0) is 4.79 Å². The van der Waals surface area contributed by atoms with Gasteiger partial charge in [0.2, 0.25) is 0 Å². The normalized spacial score (nSPS) is 10.6. The molecule has 0 atom stereocenters. The Morgan fingerprint density at radius 2 is 1.76 bits per heavy atom. The second kappa shape index (κ2) is 9.15. The Morgan fingerprint density at radius 3 is 2.44 bits per heavy atom. The van der Waals surface area contributed by atoms with E-state index in [0.29, 0.717) is 32.9 Å². The molecule has 0 heterocycles. The zero-order valence-corrected chi connectivity index (χ0v) is 15.1. The lowest BCUT2D eigenvalue weighted by Gasteiger charge is -2.09. The average Bonchev–Trinajstić information content (AvgIpc) is 2.62. The molecule has 0 bridgehead atoms. The maximum absolute atomic E-state index is 11.8. The molecule has 2 aromatic rings. The van der Waals surface area contributed by atoms with Crippen molar-refractivity contribution in [3.63, 3.8) is 0 Å². The molecule has 0 radical (unpaired) electrons. The summed E-state index contributed by atoms with van der Waals surface area (Å²) >= 11 is 12.1. The smallest absolute Gasteiger partial charge is 0.277 e. The Balaban J connectivity index is 1.94. The maximum Gasteiger partial charge on any atom is 0.277 e. The Bertz CT molecular complexity index is 781. The van der Waals surface area contributed by atoms with Crippen LogP contribution >= 0.6 is 23.2 Å². The van der Waals surface area contributed by atoms with Gasteiger partial charge in [0.15, 0.2) is 18.1 Å². The number of ether oxygens (including phenoxy) is 3. The van der Waals surface area contributed by atoms with Gasteiger partial charge in [-0.15, -0.1) is 0 Å². The Labute approximate surface area is 155 Å². The van der Waals surface area contributed by atoms with Crippen molar-refractivity contribution in [1.29, 1.82) is 0 Å². The van der Waals surface area contributed by atoms with Crippen LogP contribution in [0.2, 0.25) is 10.0 Å². The molecule has 0 aromatic heterocycles. The predicted octanol–water partition coefficient (Wildman–Crippen LogP) is 3.54. The molecule has 0 saturated heterocycles. The largest absolute Gasteiger partial charge is 0.493 e. The molecule has 2 aromatic carbocycles. The zero-order chi connectivity index (χ0) is 18.2. The van der Waals surface area contributed by atoms with Crippen LogP contribution in [0.15, 0.2) is 41.5 Å². The van der Waals surface area contributed by atoms with Crippen LogP contribution in [0, 0.1) is 0 Å². The van der Waals surface area contributed by atoms with Gasteiger partial charge in [-0.2, -0.15) is 5.10 Å². The van der Waals surface area contributed by atoms with Crippen LogP contribution in [0.5, 0.6) is 17.2 Å². The summed E-state index contributed by atoms with van der Waals surface area (Å²) in [7, 11) is 3.03. The van der Waals surface area contributed by atoms with Crippen LogP contribution in [0.4, 0.5) is 0 Å². The van der Waals surface area contributed by atoms with Gasteiger partial charge in [-0.25, -0.2) is 5.43 Å². The standard InChI is InChI=1S/C17H16Cl2N2O4/c1-23-15-7-11(13(19)8-16(15)24-2)9-20-21-17(22)10-25-14-6-4-3-5-12(14)18/h3-9H,10H2,1-2H3,(H,21,22)/b20-9+. The summed E-state index contributed by atoms with van der Waals surface area (Å²) in [5, 5.41) is 4.68. The lowest BCUT2D eigenvalue weighted by molar-refractivity contribution is -0.123. The number of hydrogen-bond donors (Lipinski definition) is 1. The number of nitrogens with zero attached hydrogens (tertiary/aromatic N) is 1. The Morgan fingerprint density at radius 1 is 1.08 bits per heavy atom. The first-order valence-electron chi connectivity index (χ1n) is 7.16. The van der Waals surface area contributed by atoms with E-state index in [2.05, 4.69) is 10.5 Å². The zero-order valence-electron chi connectivity index (χ0n) is 13.6. The molecule has 1 N–H and O–H groups in total. The van der Waals surface area contributed by atoms with E-state index >= 15 is 0 Å². The summed E-state index contributed by atoms with van der Waals surface area (Å²) in [6.07, 6.45) is 1.40. The molecule has 0 fully saturated rings. The summed E-state index contributed by atoms with van der Waals surface area (Å²) in [6, 6.07) is 10.1. The highest BCUT2D eigenvalue weighted by molar-refractivity contribution is 6.33. The SMILES string of the molecule is COc1cc(Cl)c(/C=N/NC(=O)COc2ccccc2Cl)cc1OC. The first-order valence-corrected chi connectivity index (χ1v) is 7.91. The number of rotatable bonds is 7. The van der Waals surface area contributed by atoms with Crippen LogP contribution in [-0.4, -0.2) is 32.9 Å². The van der Waals surface area contributed by atoms with Crippen LogP contribution in [0.1, 0.15) is 5.56 Å². The highest BCUT2D eigenvalue weighted by atomic mass is 35.5. The van der Waals surface area contributed by atoms with Crippen molar-refractivity contribution < 1.29 is 19.0 Å². The van der Waals surface area contributed by atoms with Crippen molar-refractivity contribution in [3.8, 4) is 17.2 Å². The number of methoxy groups -OCH3 is 2. The quantitative estimate of drug-likeness (QED) is 0.587. The highest BCUT2D eigenvalue weighted by Crippen LogP contribution is 2.32. The number of hydrogen-bond acceptors (Lipinski definition) is 5. The molecule has 132 valence electrons. The number of benzene rings is 2. The lowest BCUT2D eigenvalue weighted by atomic mass is 10.2. The van der Waals surface area contributed by atoms with Crippen LogP contribution in [0.3, 0.4) is 0 Å². The third-order valence-electron chi connectivity index (χ3n) is 3.09. The molecular formula is C17H16Cl2N2O4. The van der Waals surface area contributed by atoms with E-state index in [-0.39, 0.29) is 6.61 Å². The summed E-state index contributed by atoms with van der Waals surface area (Å²) < 4.78 is 15.7. The van der Waals surface area contributed by atoms with Crippen molar-refractivity contribution in [3.05, 3.63) is 52.0 Å². The van der Waals surface area contributed by atoms with E-state index in [9.17, 15) is 4.79 Å². The van der Waals surface area contributed by atoms with Crippen LogP contribution in [0.25, 0.3) is 0 Å². The molecule has 0 saturated carbocycles. The minimum absolute atomic E-state index is 0.221. The highest BCUT2D eigenvalue weighted by Gasteiger charge is 2.09. The fraction of sp³-hybridized carbons (Fsp3) is 0.176. The molecule has 1 amide bonds. The fourth-order valence-corrected chi connectivity index (χ4v) is 2.27. The second-order valence-corrected chi connectivity index (χ2v) is 5.56. The molecule has 0 aliphatic heterocycles. The van der Waals surface area contributed by atoms with Crippen molar-refractivity contribution in [2.24, 2.45) is 5.10 Å². The minimum atomic E-state index is -0.437. The molecule has 0 unspecified atom stereocenters. The van der Waals surface area contributed by atoms with E-state index in [1.807, 2.05) is 0 Å². The van der Waals surface area contributed by atoms with Crippen molar-refractivity contribution in [1.82, 2.24) is 5.43 Å². The molecular weight excluding hydrogens is 367 g/mol. The fourth-order valence-electron chi connectivity index (χ4n) is 1.88. The summed E-state index contributed by atoms with van der Waals surface area (Å²) in [4.78, 5) is 11.8. The number of hydrazone groups is 1. The van der Waals surface area contributed by atoms with Gasteiger partial charge in [-0.1, -0.05) is 35.3 Å². The monoisotopic (exact) mass is 382 g/mol. The number of carbonyl (C=O) groups excluding carboxylic acids is 1.